The Balaban J connectivity index is 2.74. The predicted molar refractivity (Wildman–Crippen MR) is 62.0 cm³/mol. The summed E-state index contributed by atoms with van der Waals surface area (Å²) in [5, 5.41) is 0. The fourth-order valence-electron chi connectivity index (χ4n) is 2.78. The number of ketones is 1. The van der Waals surface area contributed by atoms with Crippen LogP contribution in [0, 0.1) is 11.3 Å². The van der Waals surface area contributed by atoms with Gasteiger partial charge in [0.05, 0.1) is 13.0 Å². The average molecular weight is 226 g/mol. The molecule has 0 heterocycles. The van der Waals surface area contributed by atoms with Crippen molar-refractivity contribution in [1.82, 2.24) is 0 Å². The number of hydrogen-bond donors (Lipinski definition) is 0. The molecule has 0 aliphatic heterocycles. The van der Waals surface area contributed by atoms with E-state index in [1.165, 1.54) is 7.11 Å². The van der Waals surface area contributed by atoms with Gasteiger partial charge in [0.1, 0.15) is 5.78 Å². The highest BCUT2D eigenvalue weighted by molar-refractivity contribution is 5.83. The highest BCUT2D eigenvalue weighted by Crippen LogP contribution is 2.44. The first kappa shape index (κ1) is 13.2. The molecule has 1 atom stereocenters. The van der Waals surface area contributed by atoms with Crippen molar-refractivity contribution in [1.29, 1.82) is 0 Å². The smallest absolute Gasteiger partial charge is 0.308 e. The standard InChI is InChI=1S/C13H22O3/c1-4-11(12(15)16-3)9-13(10(2)14)7-5-6-8-13/h11H,4-9H2,1-3H3. The second-order valence-electron chi connectivity index (χ2n) is 4.88. The van der Waals surface area contributed by atoms with Gasteiger partial charge in [-0.2, -0.15) is 0 Å². The second kappa shape index (κ2) is 5.46. The molecule has 1 saturated carbocycles. The number of ether oxygens (including phenoxy) is 1. The van der Waals surface area contributed by atoms with E-state index < -0.39 is 0 Å². The topological polar surface area (TPSA) is 43.4 Å². The molecular weight excluding hydrogens is 204 g/mol. The van der Waals surface area contributed by atoms with E-state index in [9.17, 15) is 9.59 Å². The van der Waals surface area contributed by atoms with Gasteiger partial charge in [-0.1, -0.05) is 19.8 Å². The molecule has 1 unspecified atom stereocenters. The van der Waals surface area contributed by atoms with Gasteiger partial charge in [0.2, 0.25) is 0 Å². The molecule has 1 rings (SSSR count). The van der Waals surface area contributed by atoms with E-state index in [0.29, 0.717) is 6.42 Å². The predicted octanol–water partition coefficient (Wildman–Crippen LogP) is 2.73. The third-order valence-corrected chi connectivity index (χ3v) is 3.97. The summed E-state index contributed by atoms with van der Waals surface area (Å²) in [7, 11) is 1.42. The Labute approximate surface area is 97.5 Å². The van der Waals surface area contributed by atoms with Gasteiger partial charge in [-0.05, 0) is 32.6 Å². The maximum absolute atomic E-state index is 11.8. The number of carbonyl (C=O) groups excluding carboxylic acids is 2. The summed E-state index contributed by atoms with van der Waals surface area (Å²) in [6.07, 6.45) is 5.52. The SMILES string of the molecule is CCC(CC1(C(C)=O)CCCC1)C(=O)OC. The molecule has 0 N–H and O–H groups in total. The van der Waals surface area contributed by atoms with Crippen molar-refractivity contribution in [3.05, 3.63) is 0 Å². The highest BCUT2D eigenvalue weighted by Gasteiger charge is 2.41. The molecule has 92 valence electrons. The fourth-order valence-corrected chi connectivity index (χ4v) is 2.78. The largest absolute Gasteiger partial charge is 0.469 e. The molecule has 0 bridgehead atoms. The van der Waals surface area contributed by atoms with Crippen molar-refractivity contribution < 1.29 is 14.3 Å². The molecule has 0 aromatic rings. The van der Waals surface area contributed by atoms with Crippen LogP contribution in [0.5, 0.6) is 0 Å². The lowest BCUT2D eigenvalue weighted by Gasteiger charge is -2.29. The quantitative estimate of drug-likeness (QED) is 0.677. The van der Waals surface area contributed by atoms with Crippen LogP contribution in [0.3, 0.4) is 0 Å². The van der Waals surface area contributed by atoms with Gasteiger partial charge in [-0.3, -0.25) is 9.59 Å². The van der Waals surface area contributed by atoms with E-state index in [-0.39, 0.29) is 23.1 Å². The molecule has 1 aliphatic rings. The number of esters is 1. The number of rotatable bonds is 5. The minimum atomic E-state index is -0.241. The number of Topliss-reactive ketones (excluding diaryl/α,β-unsaturated/α-hetero) is 1. The first-order valence-corrected chi connectivity index (χ1v) is 6.14. The molecular formula is C13H22O3. The molecule has 1 fully saturated rings. The van der Waals surface area contributed by atoms with E-state index >= 15 is 0 Å². The van der Waals surface area contributed by atoms with Gasteiger partial charge < -0.3 is 4.74 Å². The van der Waals surface area contributed by atoms with Crippen LogP contribution < -0.4 is 0 Å². The van der Waals surface area contributed by atoms with Gasteiger partial charge in [0.25, 0.3) is 0 Å². The maximum Gasteiger partial charge on any atom is 0.308 e. The lowest BCUT2D eigenvalue weighted by molar-refractivity contribution is -0.147. The second-order valence-corrected chi connectivity index (χ2v) is 4.88. The molecule has 0 spiro atoms. The van der Waals surface area contributed by atoms with Gasteiger partial charge in [-0.15, -0.1) is 0 Å². The summed E-state index contributed by atoms with van der Waals surface area (Å²) in [6.45, 7) is 3.64. The van der Waals surface area contributed by atoms with Gasteiger partial charge in [-0.25, -0.2) is 0 Å². The molecule has 0 saturated heterocycles. The lowest BCUT2D eigenvalue weighted by atomic mass is 9.74. The lowest BCUT2D eigenvalue weighted by Crippen LogP contribution is -2.31. The summed E-state index contributed by atoms with van der Waals surface area (Å²) in [4.78, 5) is 23.3. The summed E-state index contributed by atoms with van der Waals surface area (Å²) < 4.78 is 4.79. The molecule has 0 aromatic heterocycles. The van der Waals surface area contributed by atoms with Gasteiger partial charge in [0, 0.05) is 5.41 Å². The van der Waals surface area contributed by atoms with Crippen LogP contribution in [0.25, 0.3) is 0 Å². The number of carbonyl (C=O) groups is 2. The molecule has 0 amide bonds. The highest BCUT2D eigenvalue weighted by atomic mass is 16.5. The fraction of sp³-hybridized carbons (Fsp3) is 0.846. The van der Waals surface area contributed by atoms with Crippen LogP contribution in [0.1, 0.15) is 52.4 Å². The molecule has 3 nitrogen and oxygen atoms in total. The van der Waals surface area contributed by atoms with Gasteiger partial charge in [0.15, 0.2) is 0 Å². The zero-order chi connectivity index (χ0) is 12.2. The Morgan fingerprint density at radius 1 is 1.31 bits per heavy atom. The monoisotopic (exact) mass is 226 g/mol. The maximum atomic E-state index is 11.8. The van der Waals surface area contributed by atoms with Gasteiger partial charge >= 0.3 is 5.97 Å². The summed E-state index contributed by atoms with van der Waals surface area (Å²) >= 11 is 0. The zero-order valence-electron chi connectivity index (χ0n) is 10.5. The van der Waals surface area contributed by atoms with Crippen molar-refractivity contribution in [2.45, 2.75) is 52.4 Å². The van der Waals surface area contributed by atoms with E-state index in [2.05, 4.69) is 0 Å². The minimum absolute atomic E-state index is 0.119. The van der Waals surface area contributed by atoms with Crippen LogP contribution in [0.4, 0.5) is 0 Å². The van der Waals surface area contributed by atoms with Crippen molar-refractivity contribution >= 4 is 11.8 Å². The Hall–Kier alpha value is -0.860. The first-order valence-electron chi connectivity index (χ1n) is 6.14. The minimum Gasteiger partial charge on any atom is -0.469 e. The van der Waals surface area contributed by atoms with Crippen molar-refractivity contribution in [2.75, 3.05) is 7.11 Å². The third kappa shape index (κ3) is 2.63. The van der Waals surface area contributed by atoms with Crippen LogP contribution in [-0.4, -0.2) is 18.9 Å². The zero-order valence-corrected chi connectivity index (χ0v) is 10.5. The first-order chi connectivity index (χ1) is 7.55. The Morgan fingerprint density at radius 2 is 1.88 bits per heavy atom. The van der Waals surface area contributed by atoms with E-state index in [0.717, 1.165) is 32.1 Å². The van der Waals surface area contributed by atoms with E-state index in [1.807, 2.05) is 6.92 Å². The Bertz CT molecular complexity index is 264. The van der Waals surface area contributed by atoms with Crippen LogP contribution in [-0.2, 0) is 14.3 Å². The molecule has 16 heavy (non-hydrogen) atoms. The number of methoxy groups -OCH3 is 1. The Kier molecular flexibility index (Phi) is 4.51. The molecule has 1 aliphatic carbocycles. The third-order valence-electron chi connectivity index (χ3n) is 3.97. The van der Waals surface area contributed by atoms with Crippen LogP contribution in [0.15, 0.2) is 0 Å². The van der Waals surface area contributed by atoms with E-state index in [1.54, 1.807) is 6.92 Å². The normalized spacial score (nSPS) is 20.4. The van der Waals surface area contributed by atoms with E-state index in [4.69, 9.17) is 4.74 Å². The summed E-state index contributed by atoms with van der Waals surface area (Å²) in [5.74, 6) is -0.0469. The van der Waals surface area contributed by atoms with Crippen LogP contribution in [0.2, 0.25) is 0 Å². The Morgan fingerprint density at radius 3 is 2.25 bits per heavy atom. The van der Waals surface area contributed by atoms with Crippen molar-refractivity contribution in [3.63, 3.8) is 0 Å². The molecule has 0 radical (unpaired) electrons. The molecule has 0 aromatic carbocycles. The summed E-state index contributed by atoms with van der Waals surface area (Å²) in [5.41, 5.74) is -0.241. The van der Waals surface area contributed by atoms with Crippen molar-refractivity contribution in [3.8, 4) is 0 Å². The molecule has 3 heteroatoms. The average Bonchev–Trinajstić information content (AvgIpc) is 2.74. The van der Waals surface area contributed by atoms with Crippen molar-refractivity contribution in [2.24, 2.45) is 11.3 Å². The van der Waals surface area contributed by atoms with Crippen LogP contribution >= 0.6 is 0 Å². The number of hydrogen-bond acceptors (Lipinski definition) is 3. The summed E-state index contributed by atoms with van der Waals surface area (Å²) in [6, 6.07) is 0.